The second kappa shape index (κ2) is 7.20. The Labute approximate surface area is 79.7 Å². The van der Waals surface area contributed by atoms with Gasteiger partial charge in [-0.3, -0.25) is 0 Å². The molecule has 0 aliphatic rings. The van der Waals surface area contributed by atoms with Crippen molar-refractivity contribution in [2.45, 2.75) is 6.92 Å². The fraction of sp³-hybridized carbons (Fsp3) is 0.273. The topological polar surface area (TPSA) is 35.2 Å². The molecule has 1 aromatic carbocycles. The molecule has 1 aromatic rings. The van der Waals surface area contributed by atoms with Crippen LogP contribution in [0.2, 0.25) is 0 Å². The Kier molecular flexibility index (Phi) is 6.39. The lowest BCUT2D eigenvalue weighted by atomic mass is 10.2. The second-order valence-corrected chi connectivity index (χ2v) is 2.35. The van der Waals surface area contributed by atoms with Crippen LogP contribution < -0.4 is 5.73 Å². The summed E-state index contributed by atoms with van der Waals surface area (Å²) in [6.07, 6.45) is 5.11. The van der Waals surface area contributed by atoms with Crippen molar-refractivity contribution in [2.75, 3.05) is 19.5 Å². The van der Waals surface area contributed by atoms with Crippen LogP contribution in [0.25, 0.3) is 0 Å². The average molecular weight is 177 g/mol. The highest BCUT2D eigenvalue weighted by Gasteiger charge is 1.84. The summed E-state index contributed by atoms with van der Waals surface area (Å²) >= 11 is 0. The summed E-state index contributed by atoms with van der Waals surface area (Å²) in [5, 5.41) is 0. The first-order chi connectivity index (χ1) is 6.24. The Morgan fingerprint density at radius 1 is 1.54 bits per heavy atom. The van der Waals surface area contributed by atoms with Crippen LogP contribution in [0.15, 0.2) is 24.3 Å². The van der Waals surface area contributed by atoms with Crippen LogP contribution in [0.5, 0.6) is 0 Å². The molecule has 0 aliphatic carbocycles. The molecule has 0 aromatic heterocycles. The van der Waals surface area contributed by atoms with Gasteiger partial charge in [0.25, 0.3) is 0 Å². The molecule has 2 heteroatoms. The number of benzene rings is 1. The Bertz CT molecular complexity index is 274. The molecule has 0 amide bonds. The largest absolute Gasteiger partial charge is 0.399 e. The minimum absolute atomic E-state index is 0.713. The van der Waals surface area contributed by atoms with Gasteiger partial charge >= 0.3 is 0 Å². The summed E-state index contributed by atoms with van der Waals surface area (Å²) in [4.78, 5) is 0. The van der Waals surface area contributed by atoms with Crippen LogP contribution in [-0.4, -0.2) is 13.7 Å². The summed E-state index contributed by atoms with van der Waals surface area (Å²) in [7, 11) is 1.68. The molecule has 0 aliphatic heterocycles. The molecule has 0 unspecified atom stereocenters. The third-order valence-corrected chi connectivity index (χ3v) is 1.34. The molecule has 2 N–H and O–H groups in total. The predicted octanol–water partition coefficient (Wildman–Crippen LogP) is 1.90. The maximum Gasteiger partial charge on any atom is 0.0433 e. The molecular formula is C11H15NO. The van der Waals surface area contributed by atoms with E-state index in [4.69, 9.17) is 12.2 Å². The quantitative estimate of drug-likeness (QED) is 0.525. The minimum Gasteiger partial charge on any atom is -0.399 e. The van der Waals surface area contributed by atoms with E-state index in [1.807, 2.05) is 19.1 Å². The van der Waals surface area contributed by atoms with E-state index in [0.717, 1.165) is 12.2 Å². The van der Waals surface area contributed by atoms with Gasteiger partial charge in [0.15, 0.2) is 0 Å². The van der Waals surface area contributed by atoms with Crippen molar-refractivity contribution in [2.24, 2.45) is 0 Å². The normalized spacial score (nSPS) is 8.08. The zero-order valence-electron chi connectivity index (χ0n) is 8.08. The SMILES string of the molecule is C#Cc1cccc(N)c1.CCOC. The van der Waals surface area contributed by atoms with Crippen LogP contribution in [0, 0.1) is 12.3 Å². The van der Waals surface area contributed by atoms with Gasteiger partial charge in [0.1, 0.15) is 0 Å². The third kappa shape index (κ3) is 5.77. The molecule has 0 radical (unpaired) electrons. The summed E-state index contributed by atoms with van der Waals surface area (Å²) in [6, 6.07) is 7.25. The van der Waals surface area contributed by atoms with Gasteiger partial charge in [-0.25, -0.2) is 0 Å². The van der Waals surface area contributed by atoms with Gasteiger partial charge in [-0.1, -0.05) is 12.0 Å². The number of nitrogens with two attached hydrogens (primary N) is 1. The third-order valence-electron chi connectivity index (χ3n) is 1.34. The van der Waals surface area contributed by atoms with Crippen molar-refractivity contribution in [3.63, 3.8) is 0 Å². The zero-order valence-corrected chi connectivity index (χ0v) is 8.08. The van der Waals surface area contributed by atoms with E-state index in [-0.39, 0.29) is 0 Å². The van der Waals surface area contributed by atoms with Crippen molar-refractivity contribution in [1.82, 2.24) is 0 Å². The molecule has 0 spiro atoms. The summed E-state index contributed by atoms with van der Waals surface area (Å²) < 4.78 is 4.54. The summed E-state index contributed by atoms with van der Waals surface area (Å²) in [5.41, 5.74) is 6.98. The molecule has 0 bridgehead atoms. The van der Waals surface area contributed by atoms with Gasteiger partial charge < -0.3 is 10.5 Å². The molecule has 13 heavy (non-hydrogen) atoms. The standard InChI is InChI=1S/C8H7N.C3H8O/c1-2-7-4-3-5-8(9)6-7;1-3-4-2/h1,3-6H,9H2;3H2,1-2H3. The highest BCUT2D eigenvalue weighted by molar-refractivity contribution is 5.46. The van der Waals surface area contributed by atoms with Gasteiger partial charge in [0.2, 0.25) is 0 Å². The smallest absolute Gasteiger partial charge is 0.0433 e. The van der Waals surface area contributed by atoms with Crippen LogP contribution in [-0.2, 0) is 4.74 Å². The van der Waals surface area contributed by atoms with E-state index in [2.05, 4.69) is 10.7 Å². The maximum absolute atomic E-state index is 5.44. The van der Waals surface area contributed by atoms with E-state index in [0.29, 0.717) is 5.69 Å². The highest BCUT2D eigenvalue weighted by Crippen LogP contribution is 2.03. The first-order valence-corrected chi connectivity index (χ1v) is 4.05. The maximum atomic E-state index is 5.44. The van der Waals surface area contributed by atoms with Crippen molar-refractivity contribution >= 4 is 5.69 Å². The monoisotopic (exact) mass is 177 g/mol. The zero-order chi connectivity index (χ0) is 10.1. The van der Waals surface area contributed by atoms with Gasteiger partial charge in [0, 0.05) is 25.0 Å². The lowest BCUT2D eigenvalue weighted by molar-refractivity contribution is 0.215. The lowest BCUT2D eigenvalue weighted by Crippen LogP contribution is -1.83. The molecular weight excluding hydrogens is 162 g/mol. The number of anilines is 1. The van der Waals surface area contributed by atoms with Crippen LogP contribution in [0.3, 0.4) is 0 Å². The average Bonchev–Trinajstić information content (AvgIpc) is 2.18. The van der Waals surface area contributed by atoms with Crippen molar-refractivity contribution in [3.05, 3.63) is 29.8 Å². The molecule has 0 heterocycles. The Balaban J connectivity index is 0.000000310. The second-order valence-electron chi connectivity index (χ2n) is 2.35. The van der Waals surface area contributed by atoms with E-state index in [1.165, 1.54) is 0 Å². The van der Waals surface area contributed by atoms with Gasteiger partial charge in [-0.05, 0) is 25.1 Å². The first kappa shape index (κ1) is 11.5. The molecule has 2 nitrogen and oxygen atoms in total. The molecule has 0 saturated carbocycles. The first-order valence-electron chi connectivity index (χ1n) is 4.05. The molecule has 1 rings (SSSR count). The summed E-state index contributed by atoms with van der Waals surface area (Å²) in [6.45, 7) is 2.78. The van der Waals surface area contributed by atoms with Crippen LogP contribution in [0.1, 0.15) is 12.5 Å². The number of nitrogen functional groups attached to an aromatic ring is 1. The highest BCUT2D eigenvalue weighted by atomic mass is 16.5. The van der Waals surface area contributed by atoms with Crippen molar-refractivity contribution < 1.29 is 4.74 Å². The molecule has 0 saturated heterocycles. The van der Waals surface area contributed by atoms with E-state index in [9.17, 15) is 0 Å². The number of rotatable bonds is 1. The molecule has 0 atom stereocenters. The van der Waals surface area contributed by atoms with Gasteiger partial charge in [-0.15, -0.1) is 6.42 Å². The molecule has 70 valence electrons. The number of hydrogen-bond acceptors (Lipinski definition) is 2. The van der Waals surface area contributed by atoms with Crippen molar-refractivity contribution in [3.8, 4) is 12.3 Å². The summed E-state index contributed by atoms with van der Waals surface area (Å²) in [5.74, 6) is 2.49. The fourth-order valence-corrected chi connectivity index (χ4v) is 0.628. The van der Waals surface area contributed by atoms with E-state index in [1.54, 1.807) is 19.2 Å². The van der Waals surface area contributed by atoms with Gasteiger partial charge in [-0.2, -0.15) is 0 Å². The van der Waals surface area contributed by atoms with E-state index >= 15 is 0 Å². The minimum atomic E-state index is 0.713. The number of methoxy groups -OCH3 is 1. The van der Waals surface area contributed by atoms with Crippen LogP contribution in [0.4, 0.5) is 5.69 Å². The predicted molar refractivity (Wildman–Crippen MR) is 56.3 cm³/mol. The lowest BCUT2D eigenvalue weighted by Gasteiger charge is -1.90. The number of hydrogen-bond donors (Lipinski definition) is 1. The Hall–Kier alpha value is -1.46. The Morgan fingerprint density at radius 2 is 2.15 bits per heavy atom. The molecule has 0 fully saturated rings. The number of ether oxygens (including phenoxy) is 1. The fourth-order valence-electron chi connectivity index (χ4n) is 0.628. The van der Waals surface area contributed by atoms with Crippen LogP contribution >= 0.6 is 0 Å². The Morgan fingerprint density at radius 3 is 2.46 bits per heavy atom. The van der Waals surface area contributed by atoms with E-state index < -0.39 is 0 Å². The number of terminal acetylenes is 1. The van der Waals surface area contributed by atoms with Crippen molar-refractivity contribution in [1.29, 1.82) is 0 Å². The van der Waals surface area contributed by atoms with Gasteiger partial charge in [0.05, 0.1) is 0 Å².